The van der Waals surface area contributed by atoms with Gasteiger partial charge in [0.1, 0.15) is 5.78 Å². The predicted octanol–water partition coefficient (Wildman–Crippen LogP) is 4.96. The number of carbonyl (C=O) groups is 1. The highest BCUT2D eigenvalue weighted by Crippen LogP contribution is 2.40. The Morgan fingerprint density at radius 2 is 1.22 bits per heavy atom. The van der Waals surface area contributed by atoms with Crippen LogP contribution in [0.5, 0.6) is 0 Å². The van der Waals surface area contributed by atoms with Gasteiger partial charge in [-0.2, -0.15) is 0 Å². The van der Waals surface area contributed by atoms with Crippen LogP contribution >= 0.6 is 0 Å². The number of benzene rings is 2. The van der Waals surface area contributed by atoms with Crippen LogP contribution in [0.4, 0.5) is 11.4 Å². The lowest BCUT2D eigenvalue weighted by Crippen LogP contribution is -2.29. The third kappa shape index (κ3) is 4.35. The zero-order valence-electron chi connectivity index (χ0n) is 17.3. The number of nitrogens with zero attached hydrogens (tertiary/aromatic N) is 2. The number of rotatable bonds is 5. The molecule has 1 aliphatic carbocycles. The van der Waals surface area contributed by atoms with Crippen molar-refractivity contribution in [2.75, 3.05) is 38.0 Å². The van der Waals surface area contributed by atoms with Crippen LogP contribution in [-0.2, 0) is 4.79 Å². The Labute approximate surface area is 164 Å². The van der Waals surface area contributed by atoms with E-state index in [4.69, 9.17) is 0 Å². The van der Waals surface area contributed by atoms with Crippen LogP contribution in [0.1, 0.15) is 43.2 Å². The van der Waals surface area contributed by atoms with E-state index in [0.717, 1.165) is 12.8 Å². The first-order valence-electron chi connectivity index (χ1n) is 9.94. The molecular formula is C24H32N2O. The first-order valence-corrected chi connectivity index (χ1v) is 9.94. The van der Waals surface area contributed by atoms with Gasteiger partial charge < -0.3 is 9.80 Å². The Morgan fingerprint density at radius 1 is 0.778 bits per heavy atom. The molecule has 1 saturated carbocycles. The Kier molecular flexibility index (Phi) is 5.88. The maximum Gasteiger partial charge on any atom is 0.137 e. The molecule has 3 rings (SSSR count). The quantitative estimate of drug-likeness (QED) is 0.749. The van der Waals surface area contributed by atoms with E-state index in [0.29, 0.717) is 18.1 Å². The molecule has 3 nitrogen and oxygen atoms in total. The number of ketones is 1. The fourth-order valence-electron chi connectivity index (χ4n) is 4.19. The highest BCUT2D eigenvalue weighted by molar-refractivity contribution is 5.83. The van der Waals surface area contributed by atoms with E-state index >= 15 is 0 Å². The van der Waals surface area contributed by atoms with Gasteiger partial charge in [-0.1, -0.05) is 31.2 Å². The SMILES string of the molecule is C[C@H]1CC[C@@H](C(c2ccc(N(C)C)cc2)c2ccc(N(C)C)cc2)C(=O)C1. The minimum atomic E-state index is 0.0802. The molecule has 144 valence electrons. The van der Waals surface area contributed by atoms with E-state index < -0.39 is 0 Å². The minimum Gasteiger partial charge on any atom is -0.378 e. The molecule has 0 bridgehead atoms. The molecule has 0 aromatic heterocycles. The van der Waals surface area contributed by atoms with E-state index in [-0.39, 0.29) is 11.8 Å². The van der Waals surface area contributed by atoms with Crippen LogP contribution < -0.4 is 9.80 Å². The summed E-state index contributed by atoms with van der Waals surface area (Å²) in [5.74, 6) is 1.16. The van der Waals surface area contributed by atoms with Crippen molar-refractivity contribution >= 4 is 17.2 Å². The monoisotopic (exact) mass is 364 g/mol. The molecule has 2 atom stereocenters. The molecule has 0 aliphatic heterocycles. The standard InChI is InChI=1S/C24H32N2O/c1-17-6-15-22(23(27)16-17)24(18-7-11-20(12-8-18)25(2)3)19-9-13-21(14-10-19)26(4)5/h7-14,17,22,24H,6,15-16H2,1-5H3/t17-,22+/m0/s1. The second-order valence-corrected chi connectivity index (χ2v) is 8.41. The van der Waals surface area contributed by atoms with Gasteiger partial charge >= 0.3 is 0 Å². The maximum absolute atomic E-state index is 12.9. The summed E-state index contributed by atoms with van der Waals surface area (Å²) in [5.41, 5.74) is 4.85. The van der Waals surface area contributed by atoms with Crippen LogP contribution in [0.25, 0.3) is 0 Å². The zero-order chi connectivity index (χ0) is 19.6. The van der Waals surface area contributed by atoms with Crippen molar-refractivity contribution < 1.29 is 4.79 Å². The molecule has 0 heterocycles. The van der Waals surface area contributed by atoms with Crippen molar-refractivity contribution in [3.8, 4) is 0 Å². The lowest BCUT2D eigenvalue weighted by atomic mass is 9.70. The summed E-state index contributed by atoms with van der Waals surface area (Å²) in [4.78, 5) is 17.1. The molecule has 27 heavy (non-hydrogen) atoms. The smallest absolute Gasteiger partial charge is 0.137 e. The summed E-state index contributed by atoms with van der Waals surface area (Å²) in [6.07, 6.45) is 2.83. The summed E-state index contributed by atoms with van der Waals surface area (Å²) in [5, 5.41) is 0. The molecule has 2 aromatic rings. The van der Waals surface area contributed by atoms with E-state index in [1.54, 1.807) is 0 Å². The Hall–Kier alpha value is -2.29. The number of hydrogen-bond acceptors (Lipinski definition) is 3. The highest BCUT2D eigenvalue weighted by atomic mass is 16.1. The van der Waals surface area contributed by atoms with Crippen LogP contribution in [0, 0.1) is 11.8 Å². The fraction of sp³-hybridized carbons (Fsp3) is 0.458. The van der Waals surface area contributed by atoms with E-state index in [2.05, 4.69) is 93.4 Å². The van der Waals surface area contributed by atoms with Gasteiger partial charge in [0, 0.05) is 57.8 Å². The van der Waals surface area contributed by atoms with Crippen LogP contribution in [0.2, 0.25) is 0 Å². The van der Waals surface area contributed by atoms with E-state index in [9.17, 15) is 4.79 Å². The molecular weight excluding hydrogens is 332 g/mol. The van der Waals surface area contributed by atoms with Crippen LogP contribution in [-0.4, -0.2) is 34.0 Å². The molecule has 2 aromatic carbocycles. The summed E-state index contributed by atoms with van der Waals surface area (Å²) in [6, 6.07) is 17.4. The van der Waals surface area contributed by atoms with Gasteiger partial charge in [-0.15, -0.1) is 0 Å². The maximum atomic E-state index is 12.9. The van der Waals surface area contributed by atoms with Crippen molar-refractivity contribution in [3.05, 3.63) is 59.7 Å². The Bertz CT molecular complexity index is 710. The van der Waals surface area contributed by atoms with Crippen LogP contribution in [0.3, 0.4) is 0 Å². The number of anilines is 2. The van der Waals surface area contributed by atoms with Gasteiger partial charge in [-0.3, -0.25) is 4.79 Å². The van der Waals surface area contributed by atoms with Crippen molar-refractivity contribution in [1.29, 1.82) is 0 Å². The van der Waals surface area contributed by atoms with Gasteiger partial charge in [0.15, 0.2) is 0 Å². The molecule has 0 amide bonds. The third-order valence-corrected chi connectivity index (χ3v) is 5.87. The molecule has 0 unspecified atom stereocenters. The predicted molar refractivity (Wildman–Crippen MR) is 115 cm³/mol. The number of Topliss-reactive ketones (excluding diaryl/α,β-unsaturated/α-hetero) is 1. The average Bonchev–Trinajstić information content (AvgIpc) is 2.64. The summed E-state index contributed by atoms with van der Waals surface area (Å²) in [7, 11) is 8.22. The van der Waals surface area contributed by atoms with Crippen LogP contribution in [0.15, 0.2) is 48.5 Å². The highest BCUT2D eigenvalue weighted by Gasteiger charge is 2.34. The van der Waals surface area contributed by atoms with E-state index in [1.165, 1.54) is 22.5 Å². The van der Waals surface area contributed by atoms with Crippen molar-refractivity contribution in [3.63, 3.8) is 0 Å². The molecule has 0 N–H and O–H groups in total. The van der Waals surface area contributed by atoms with Gasteiger partial charge in [0.2, 0.25) is 0 Å². The Morgan fingerprint density at radius 3 is 1.59 bits per heavy atom. The number of hydrogen-bond donors (Lipinski definition) is 0. The first kappa shape index (κ1) is 19.5. The lowest BCUT2D eigenvalue weighted by Gasteiger charge is -2.32. The molecule has 1 fully saturated rings. The third-order valence-electron chi connectivity index (χ3n) is 5.87. The lowest BCUT2D eigenvalue weighted by molar-refractivity contribution is -0.126. The van der Waals surface area contributed by atoms with E-state index in [1.807, 2.05) is 0 Å². The van der Waals surface area contributed by atoms with Crippen molar-refractivity contribution in [2.45, 2.75) is 32.1 Å². The number of carbonyl (C=O) groups excluding carboxylic acids is 1. The normalized spacial score (nSPS) is 20.0. The second kappa shape index (κ2) is 8.16. The first-order chi connectivity index (χ1) is 12.9. The summed E-state index contributed by atoms with van der Waals surface area (Å²) < 4.78 is 0. The zero-order valence-corrected chi connectivity index (χ0v) is 17.3. The summed E-state index contributed by atoms with van der Waals surface area (Å²) >= 11 is 0. The van der Waals surface area contributed by atoms with Crippen molar-refractivity contribution in [2.24, 2.45) is 11.8 Å². The Balaban J connectivity index is 1.99. The van der Waals surface area contributed by atoms with Gasteiger partial charge in [-0.05, 0) is 54.2 Å². The van der Waals surface area contributed by atoms with Gasteiger partial charge in [0.05, 0.1) is 0 Å². The average molecular weight is 365 g/mol. The molecule has 1 aliphatic rings. The largest absolute Gasteiger partial charge is 0.378 e. The summed E-state index contributed by atoms with van der Waals surface area (Å²) in [6.45, 7) is 2.20. The van der Waals surface area contributed by atoms with Gasteiger partial charge in [-0.25, -0.2) is 0 Å². The second-order valence-electron chi connectivity index (χ2n) is 8.41. The fourth-order valence-corrected chi connectivity index (χ4v) is 4.19. The molecule has 0 saturated heterocycles. The molecule has 0 spiro atoms. The minimum absolute atomic E-state index is 0.0802. The van der Waals surface area contributed by atoms with Gasteiger partial charge in [0.25, 0.3) is 0 Å². The molecule has 3 heteroatoms. The van der Waals surface area contributed by atoms with Crippen molar-refractivity contribution in [1.82, 2.24) is 0 Å². The molecule has 0 radical (unpaired) electrons. The topological polar surface area (TPSA) is 23.6 Å².